The van der Waals surface area contributed by atoms with Crippen LogP contribution in [0.15, 0.2) is 47.4 Å². The van der Waals surface area contributed by atoms with Crippen molar-refractivity contribution in [3.63, 3.8) is 0 Å². The predicted molar refractivity (Wildman–Crippen MR) is 118 cm³/mol. The van der Waals surface area contributed by atoms with E-state index >= 15 is 0 Å². The minimum atomic E-state index is -3.73. The molecule has 0 aliphatic carbocycles. The Hall–Kier alpha value is -2.69. The monoisotopic (exact) mass is 433 g/mol. The van der Waals surface area contributed by atoms with Crippen molar-refractivity contribution in [3.8, 4) is 0 Å². The summed E-state index contributed by atoms with van der Waals surface area (Å²) in [5.41, 5.74) is 2.54. The first-order chi connectivity index (χ1) is 14.3. The SMILES string of the molecule is CNS(=O)(=O)c1ccc(NCCN2CCN(c3cccc(C)c3)CC2)c([N+](=O)[O-])c1. The number of nitro benzene ring substituents is 1. The highest BCUT2D eigenvalue weighted by molar-refractivity contribution is 7.89. The number of nitro groups is 1. The van der Waals surface area contributed by atoms with Gasteiger partial charge in [0.25, 0.3) is 5.69 Å². The van der Waals surface area contributed by atoms with Crippen LogP contribution in [-0.4, -0.2) is 64.6 Å². The van der Waals surface area contributed by atoms with Crippen LogP contribution in [-0.2, 0) is 10.0 Å². The fraction of sp³-hybridized carbons (Fsp3) is 0.400. The molecule has 1 heterocycles. The van der Waals surface area contributed by atoms with E-state index in [1.165, 1.54) is 30.4 Å². The van der Waals surface area contributed by atoms with Crippen LogP contribution in [0.4, 0.5) is 17.1 Å². The number of hydrogen-bond acceptors (Lipinski definition) is 7. The van der Waals surface area contributed by atoms with Crippen LogP contribution in [0.25, 0.3) is 0 Å². The van der Waals surface area contributed by atoms with Crippen molar-refractivity contribution in [2.45, 2.75) is 11.8 Å². The summed E-state index contributed by atoms with van der Waals surface area (Å²) in [4.78, 5) is 15.4. The van der Waals surface area contributed by atoms with Gasteiger partial charge in [-0.1, -0.05) is 12.1 Å². The molecule has 2 aromatic carbocycles. The van der Waals surface area contributed by atoms with Gasteiger partial charge in [0, 0.05) is 51.0 Å². The lowest BCUT2D eigenvalue weighted by Crippen LogP contribution is -2.47. The lowest BCUT2D eigenvalue weighted by atomic mass is 10.2. The molecule has 30 heavy (non-hydrogen) atoms. The van der Waals surface area contributed by atoms with E-state index in [0.29, 0.717) is 12.2 Å². The topological polar surface area (TPSA) is 108 Å². The van der Waals surface area contributed by atoms with Crippen molar-refractivity contribution >= 4 is 27.1 Å². The van der Waals surface area contributed by atoms with Gasteiger partial charge in [0.15, 0.2) is 0 Å². The average molecular weight is 434 g/mol. The quantitative estimate of drug-likeness (QED) is 0.484. The number of rotatable bonds is 8. The van der Waals surface area contributed by atoms with E-state index in [1.54, 1.807) is 0 Å². The molecule has 0 spiro atoms. The van der Waals surface area contributed by atoms with Crippen LogP contribution in [0, 0.1) is 17.0 Å². The minimum absolute atomic E-state index is 0.130. The maximum atomic E-state index is 11.9. The summed E-state index contributed by atoms with van der Waals surface area (Å²) < 4.78 is 25.9. The van der Waals surface area contributed by atoms with Gasteiger partial charge in [0.1, 0.15) is 5.69 Å². The molecule has 0 amide bonds. The molecule has 1 aliphatic rings. The van der Waals surface area contributed by atoms with Crippen LogP contribution >= 0.6 is 0 Å². The van der Waals surface area contributed by atoms with E-state index in [9.17, 15) is 18.5 Å². The zero-order chi connectivity index (χ0) is 21.7. The Kier molecular flexibility index (Phi) is 6.91. The smallest absolute Gasteiger partial charge is 0.293 e. The maximum Gasteiger partial charge on any atom is 0.293 e. The molecule has 0 saturated carbocycles. The van der Waals surface area contributed by atoms with E-state index in [-0.39, 0.29) is 10.6 Å². The first-order valence-corrected chi connectivity index (χ1v) is 11.3. The Morgan fingerprint density at radius 2 is 1.83 bits per heavy atom. The van der Waals surface area contributed by atoms with Crippen molar-refractivity contribution in [3.05, 3.63) is 58.1 Å². The number of nitrogens with one attached hydrogen (secondary N) is 2. The third kappa shape index (κ3) is 5.26. The van der Waals surface area contributed by atoms with Gasteiger partial charge in [-0.15, -0.1) is 0 Å². The highest BCUT2D eigenvalue weighted by atomic mass is 32.2. The number of benzene rings is 2. The lowest BCUT2D eigenvalue weighted by molar-refractivity contribution is -0.384. The summed E-state index contributed by atoms with van der Waals surface area (Å²) >= 11 is 0. The second-order valence-corrected chi connectivity index (χ2v) is 9.12. The molecule has 162 valence electrons. The Balaban J connectivity index is 1.55. The fourth-order valence-electron chi connectivity index (χ4n) is 3.50. The van der Waals surface area contributed by atoms with E-state index in [0.717, 1.165) is 38.8 Å². The zero-order valence-corrected chi connectivity index (χ0v) is 18.0. The first kappa shape index (κ1) is 22.0. The molecule has 0 aromatic heterocycles. The molecule has 2 aromatic rings. The number of nitrogens with zero attached hydrogens (tertiary/aromatic N) is 3. The van der Waals surface area contributed by atoms with Crippen LogP contribution in [0.1, 0.15) is 5.56 Å². The standard InChI is InChI=1S/C20H27N5O4S/c1-16-4-3-5-17(14-16)24-12-10-23(11-13-24)9-8-22-19-7-6-18(30(28,29)21-2)15-20(19)25(26)27/h3-7,14-15,21-22H,8-13H2,1-2H3. The molecule has 9 nitrogen and oxygen atoms in total. The number of hydrogen-bond donors (Lipinski definition) is 2. The largest absolute Gasteiger partial charge is 0.378 e. The van der Waals surface area contributed by atoms with Gasteiger partial charge in [0.05, 0.1) is 9.82 Å². The van der Waals surface area contributed by atoms with Crippen molar-refractivity contribution in [2.75, 3.05) is 56.5 Å². The van der Waals surface area contributed by atoms with Crippen LogP contribution in [0.2, 0.25) is 0 Å². The van der Waals surface area contributed by atoms with Crippen molar-refractivity contribution in [1.29, 1.82) is 0 Å². The minimum Gasteiger partial charge on any atom is -0.378 e. The fourth-order valence-corrected chi connectivity index (χ4v) is 4.25. The number of anilines is 2. The molecule has 1 fully saturated rings. The van der Waals surface area contributed by atoms with Crippen LogP contribution < -0.4 is 14.9 Å². The van der Waals surface area contributed by atoms with Gasteiger partial charge in [-0.25, -0.2) is 13.1 Å². The molecule has 1 aliphatic heterocycles. The average Bonchev–Trinajstić information content (AvgIpc) is 2.74. The second-order valence-electron chi connectivity index (χ2n) is 7.24. The number of piperazine rings is 1. The van der Waals surface area contributed by atoms with Gasteiger partial charge in [-0.3, -0.25) is 15.0 Å². The third-order valence-corrected chi connectivity index (χ3v) is 6.64. The summed E-state index contributed by atoms with van der Waals surface area (Å²) in [5, 5.41) is 14.5. The number of aryl methyl sites for hydroxylation is 1. The summed E-state index contributed by atoms with van der Waals surface area (Å²) in [7, 11) is -2.46. The molecule has 1 saturated heterocycles. The molecule has 0 unspecified atom stereocenters. The van der Waals surface area contributed by atoms with Crippen molar-refractivity contribution in [1.82, 2.24) is 9.62 Å². The van der Waals surface area contributed by atoms with E-state index < -0.39 is 14.9 Å². The highest BCUT2D eigenvalue weighted by Crippen LogP contribution is 2.27. The Morgan fingerprint density at radius 3 is 2.47 bits per heavy atom. The third-order valence-electron chi connectivity index (χ3n) is 5.23. The normalized spacial score (nSPS) is 15.2. The van der Waals surface area contributed by atoms with Crippen LogP contribution in [0.3, 0.4) is 0 Å². The highest BCUT2D eigenvalue weighted by Gasteiger charge is 2.21. The zero-order valence-electron chi connectivity index (χ0n) is 17.2. The van der Waals surface area contributed by atoms with Gasteiger partial charge in [-0.05, 0) is 43.8 Å². The maximum absolute atomic E-state index is 11.9. The molecule has 2 N–H and O–H groups in total. The Bertz CT molecular complexity index is 1000. The first-order valence-electron chi connectivity index (χ1n) is 9.80. The predicted octanol–water partition coefficient (Wildman–Crippen LogP) is 2.05. The molecule has 0 radical (unpaired) electrons. The molecule has 3 rings (SSSR count). The molecular formula is C20H27N5O4S. The van der Waals surface area contributed by atoms with E-state index in [1.807, 2.05) is 0 Å². The summed E-state index contributed by atoms with van der Waals surface area (Å²) in [6.07, 6.45) is 0. The lowest BCUT2D eigenvalue weighted by Gasteiger charge is -2.36. The second kappa shape index (κ2) is 9.41. The summed E-state index contributed by atoms with van der Waals surface area (Å²) in [6, 6.07) is 12.4. The van der Waals surface area contributed by atoms with Gasteiger partial charge < -0.3 is 10.2 Å². The van der Waals surface area contributed by atoms with Crippen LogP contribution in [0.5, 0.6) is 0 Å². The number of sulfonamides is 1. The van der Waals surface area contributed by atoms with Gasteiger partial charge in [-0.2, -0.15) is 0 Å². The van der Waals surface area contributed by atoms with Crippen molar-refractivity contribution < 1.29 is 13.3 Å². The van der Waals surface area contributed by atoms with Gasteiger partial charge >= 0.3 is 0 Å². The van der Waals surface area contributed by atoms with Crippen molar-refractivity contribution in [2.24, 2.45) is 0 Å². The Labute approximate surface area is 176 Å². The summed E-state index contributed by atoms with van der Waals surface area (Å²) in [5.74, 6) is 0. The molecule has 0 atom stereocenters. The Morgan fingerprint density at radius 1 is 1.10 bits per heavy atom. The molecule has 10 heteroatoms. The summed E-state index contributed by atoms with van der Waals surface area (Å²) in [6.45, 7) is 7.05. The molecule has 0 bridgehead atoms. The van der Waals surface area contributed by atoms with E-state index in [4.69, 9.17) is 0 Å². The molecular weight excluding hydrogens is 406 g/mol. The van der Waals surface area contributed by atoms with Gasteiger partial charge in [0.2, 0.25) is 10.0 Å². The van der Waals surface area contributed by atoms with E-state index in [2.05, 4.69) is 51.0 Å².